The molecule has 1 unspecified atom stereocenters. The highest BCUT2D eigenvalue weighted by Gasteiger charge is 2.30. The molecule has 1 aliphatic heterocycles. The minimum absolute atomic E-state index is 0.0244. The van der Waals surface area contributed by atoms with Crippen LogP contribution in [0.5, 0.6) is 11.6 Å². The molecule has 1 atom stereocenters. The van der Waals surface area contributed by atoms with Crippen LogP contribution in [0, 0.1) is 5.92 Å². The van der Waals surface area contributed by atoms with Crippen LogP contribution in [-0.4, -0.2) is 52.2 Å². The molecule has 2 aliphatic carbocycles. The Balaban J connectivity index is 1.18. The molecule has 3 aromatic rings. The highest BCUT2D eigenvalue weighted by molar-refractivity contribution is 5.93. The molecule has 0 radical (unpaired) electrons. The molecule has 1 amide bonds. The highest BCUT2D eigenvalue weighted by Crippen LogP contribution is 2.36. The first-order valence-corrected chi connectivity index (χ1v) is 13.7. The molecule has 3 fully saturated rings. The molecule has 0 spiro atoms. The second kappa shape index (κ2) is 11.4. The number of hydrogen-bond acceptors (Lipinski definition) is 7. The molecule has 9 nitrogen and oxygen atoms in total. The smallest absolute Gasteiger partial charge is 0.388 e. The molecule has 4 heterocycles. The zero-order valence-electron chi connectivity index (χ0n) is 21.6. The van der Waals surface area contributed by atoms with E-state index in [1.165, 1.54) is 12.3 Å². The van der Waals surface area contributed by atoms with Gasteiger partial charge in [0.2, 0.25) is 11.8 Å². The van der Waals surface area contributed by atoms with E-state index in [9.17, 15) is 13.6 Å². The van der Waals surface area contributed by atoms with Crippen LogP contribution in [-0.2, 0) is 14.3 Å². The van der Waals surface area contributed by atoms with Crippen molar-refractivity contribution in [3.05, 3.63) is 36.7 Å². The first kappa shape index (κ1) is 25.9. The van der Waals surface area contributed by atoms with E-state index in [0.29, 0.717) is 17.1 Å². The zero-order valence-corrected chi connectivity index (χ0v) is 21.6. The summed E-state index contributed by atoms with van der Waals surface area (Å²) in [4.78, 5) is 16.2. The van der Waals surface area contributed by atoms with Crippen molar-refractivity contribution in [1.29, 1.82) is 0 Å². The molecule has 2 saturated carbocycles. The molecule has 1 saturated heterocycles. The summed E-state index contributed by atoms with van der Waals surface area (Å²) in [7, 11) is 0. The Morgan fingerprint density at radius 2 is 1.87 bits per heavy atom. The van der Waals surface area contributed by atoms with Crippen molar-refractivity contribution in [1.82, 2.24) is 14.6 Å². The molecule has 3 aliphatic rings. The van der Waals surface area contributed by atoms with E-state index in [1.807, 2.05) is 12.1 Å². The lowest BCUT2D eigenvalue weighted by molar-refractivity contribution is -0.195. The average Bonchev–Trinajstić information content (AvgIpc) is 3.71. The summed E-state index contributed by atoms with van der Waals surface area (Å²) in [5.74, 6) is 0.806. The van der Waals surface area contributed by atoms with Gasteiger partial charge >= 0.3 is 6.61 Å². The third kappa shape index (κ3) is 6.47. The monoisotopic (exact) mass is 542 g/mol. The summed E-state index contributed by atoms with van der Waals surface area (Å²) < 4.78 is 50.4. The third-order valence-electron chi connectivity index (χ3n) is 7.42. The Morgan fingerprint density at radius 3 is 2.62 bits per heavy atom. The number of alkyl halides is 2. The molecule has 208 valence electrons. The molecule has 3 aromatic heterocycles. The van der Waals surface area contributed by atoms with Crippen LogP contribution >= 0.6 is 0 Å². The number of fused-ring (bicyclic) bond motifs is 1. The Bertz CT molecular complexity index is 1300. The van der Waals surface area contributed by atoms with Crippen molar-refractivity contribution in [2.75, 3.05) is 11.9 Å². The molecular formula is C28H32F2N4O5. The van der Waals surface area contributed by atoms with Crippen LogP contribution in [0.2, 0.25) is 0 Å². The van der Waals surface area contributed by atoms with Gasteiger partial charge in [0.1, 0.15) is 5.75 Å². The standard InChI is InChI=1S/C28H32F2N4O5/c29-28(30)39-25-15-22(18-10-11-34-19(13-18)14-24(33-34)32-27(35)17-4-5-17)23(16-31-25)37-20-6-8-21(9-7-20)38-26-3-1-2-12-36-26/h10-11,13-17,20-21,26,28H,1-9,12H2,(H,32,33,35)/t20-,21-,26?. The number of amides is 1. The minimum Gasteiger partial charge on any atom is -0.488 e. The normalized spacial score (nSPS) is 23.6. The van der Waals surface area contributed by atoms with Gasteiger partial charge in [-0.05, 0) is 75.5 Å². The Kier molecular flexibility index (Phi) is 7.60. The van der Waals surface area contributed by atoms with Crippen LogP contribution in [0.4, 0.5) is 14.6 Å². The number of aromatic nitrogens is 3. The summed E-state index contributed by atoms with van der Waals surface area (Å²) in [6.45, 7) is -2.23. The van der Waals surface area contributed by atoms with E-state index in [0.717, 1.165) is 75.5 Å². The van der Waals surface area contributed by atoms with Gasteiger partial charge in [-0.1, -0.05) is 0 Å². The van der Waals surface area contributed by atoms with Gasteiger partial charge in [0.25, 0.3) is 0 Å². The molecular weight excluding hydrogens is 510 g/mol. The van der Waals surface area contributed by atoms with Crippen molar-refractivity contribution in [2.24, 2.45) is 5.92 Å². The summed E-state index contributed by atoms with van der Waals surface area (Å²) in [5.41, 5.74) is 2.05. The fourth-order valence-electron chi connectivity index (χ4n) is 5.19. The maximum atomic E-state index is 12.9. The quantitative estimate of drug-likeness (QED) is 0.377. The van der Waals surface area contributed by atoms with Crippen molar-refractivity contribution < 1.29 is 32.5 Å². The number of hydrogen-bond donors (Lipinski definition) is 1. The first-order valence-electron chi connectivity index (χ1n) is 13.7. The summed E-state index contributed by atoms with van der Waals surface area (Å²) in [6, 6.07) is 6.92. The third-order valence-corrected chi connectivity index (χ3v) is 7.42. The van der Waals surface area contributed by atoms with Crippen LogP contribution < -0.4 is 14.8 Å². The molecule has 39 heavy (non-hydrogen) atoms. The van der Waals surface area contributed by atoms with Gasteiger partial charge in [-0.15, -0.1) is 0 Å². The van der Waals surface area contributed by atoms with Crippen LogP contribution in [0.1, 0.15) is 57.8 Å². The number of nitrogens with one attached hydrogen (secondary N) is 1. The van der Waals surface area contributed by atoms with Gasteiger partial charge in [-0.2, -0.15) is 13.9 Å². The van der Waals surface area contributed by atoms with Gasteiger partial charge in [0, 0.05) is 36.4 Å². The predicted octanol–water partition coefficient (Wildman–Crippen LogP) is 5.58. The lowest BCUT2D eigenvalue weighted by atomic mass is 9.94. The number of ether oxygens (including phenoxy) is 4. The summed E-state index contributed by atoms with van der Waals surface area (Å²) in [5, 5.41) is 7.27. The van der Waals surface area contributed by atoms with E-state index >= 15 is 0 Å². The predicted molar refractivity (Wildman–Crippen MR) is 138 cm³/mol. The van der Waals surface area contributed by atoms with E-state index in [1.54, 1.807) is 16.8 Å². The van der Waals surface area contributed by atoms with Crippen LogP contribution in [0.3, 0.4) is 0 Å². The van der Waals surface area contributed by atoms with Gasteiger partial charge in [-0.3, -0.25) is 4.79 Å². The summed E-state index contributed by atoms with van der Waals surface area (Å²) in [6.07, 6.45) is 11.5. The molecule has 0 aromatic carbocycles. The second-order valence-corrected chi connectivity index (χ2v) is 10.4. The molecule has 1 N–H and O–H groups in total. The first-order chi connectivity index (χ1) is 19.0. The SMILES string of the molecule is O=C(Nc1cc2cc(-c3cc(OC(F)F)ncc3O[C@H]3CC[C@H](OC4CCCCO4)CC3)ccn2n1)C1CC1. The lowest BCUT2D eigenvalue weighted by Gasteiger charge is -2.33. The van der Waals surface area contributed by atoms with Crippen molar-refractivity contribution in [3.63, 3.8) is 0 Å². The number of anilines is 1. The largest absolute Gasteiger partial charge is 0.488 e. The van der Waals surface area contributed by atoms with Gasteiger partial charge in [0.15, 0.2) is 12.1 Å². The molecule has 6 rings (SSSR count). The fraction of sp³-hybridized carbons (Fsp3) is 0.536. The highest BCUT2D eigenvalue weighted by atomic mass is 19.3. The van der Waals surface area contributed by atoms with Gasteiger partial charge < -0.3 is 24.3 Å². The van der Waals surface area contributed by atoms with Crippen molar-refractivity contribution in [2.45, 2.75) is 82.9 Å². The van der Waals surface area contributed by atoms with Crippen LogP contribution in [0.15, 0.2) is 36.7 Å². The van der Waals surface area contributed by atoms with Crippen molar-refractivity contribution in [3.8, 4) is 22.8 Å². The van der Waals surface area contributed by atoms with Gasteiger partial charge in [0.05, 0.1) is 23.9 Å². The van der Waals surface area contributed by atoms with Crippen molar-refractivity contribution >= 4 is 17.2 Å². The maximum absolute atomic E-state index is 12.9. The lowest BCUT2D eigenvalue weighted by Crippen LogP contribution is -2.33. The zero-order chi connectivity index (χ0) is 26.8. The summed E-state index contributed by atoms with van der Waals surface area (Å²) >= 11 is 0. The number of pyridine rings is 2. The topological polar surface area (TPSA) is 96.2 Å². The Morgan fingerprint density at radius 1 is 1.05 bits per heavy atom. The number of carbonyl (C=O) groups is 1. The number of nitrogens with zero attached hydrogens (tertiary/aromatic N) is 3. The Hall–Kier alpha value is -3.31. The van der Waals surface area contributed by atoms with E-state index in [-0.39, 0.29) is 36.2 Å². The van der Waals surface area contributed by atoms with E-state index in [2.05, 4.69) is 20.1 Å². The fourth-order valence-corrected chi connectivity index (χ4v) is 5.19. The number of halogens is 2. The van der Waals surface area contributed by atoms with Crippen LogP contribution in [0.25, 0.3) is 16.6 Å². The maximum Gasteiger partial charge on any atom is 0.388 e. The molecule has 0 bridgehead atoms. The number of carbonyl (C=O) groups excluding carboxylic acids is 1. The Labute approximate surface area is 224 Å². The number of rotatable bonds is 9. The minimum atomic E-state index is -2.99. The molecule has 11 heteroatoms. The van der Waals surface area contributed by atoms with E-state index < -0.39 is 6.61 Å². The van der Waals surface area contributed by atoms with E-state index in [4.69, 9.17) is 14.2 Å². The average molecular weight is 543 g/mol. The second-order valence-electron chi connectivity index (χ2n) is 10.4. The van der Waals surface area contributed by atoms with Gasteiger partial charge in [-0.25, -0.2) is 9.50 Å².